The first-order valence-electron chi connectivity index (χ1n) is 6.33. The summed E-state index contributed by atoms with van der Waals surface area (Å²) in [5, 5.41) is 7.10. The van der Waals surface area contributed by atoms with Crippen molar-refractivity contribution in [1.82, 2.24) is 10.0 Å². The molecule has 0 saturated carbocycles. The standard InChI is InChI=1S/C13H18N2O2S3/c1-3-14-8-12-10(2)6-13(19-12)20(16,17)15-7-11-4-5-18-9-11/h4-6,9,14-15H,3,7-8H2,1-2H3. The fraction of sp³-hybridized carbons (Fsp3) is 0.385. The smallest absolute Gasteiger partial charge is 0.250 e. The minimum atomic E-state index is -3.42. The molecule has 0 aliphatic heterocycles. The second-order valence-electron chi connectivity index (χ2n) is 4.41. The lowest BCUT2D eigenvalue weighted by atomic mass is 10.3. The van der Waals surface area contributed by atoms with Crippen LogP contribution in [-0.2, 0) is 23.1 Å². The molecule has 20 heavy (non-hydrogen) atoms. The molecule has 0 unspecified atom stereocenters. The van der Waals surface area contributed by atoms with Crippen molar-refractivity contribution >= 4 is 32.7 Å². The number of hydrogen-bond acceptors (Lipinski definition) is 5. The Morgan fingerprint density at radius 1 is 1.30 bits per heavy atom. The summed E-state index contributed by atoms with van der Waals surface area (Å²) in [6.07, 6.45) is 0. The number of nitrogens with one attached hydrogen (secondary N) is 2. The molecule has 2 aromatic rings. The van der Waals surface area contributed by atoms with Crippen LogP contribution in [0.3, 0.4) is 0 Å². The van der Waals surface area contributed by atoms with Crippen molar-refractivity contribution in [3.63, 3.8) is 0 Å². The van der Waals surface area contributed by atoms with E-state index in [-0.39, 0.29) is 0 Å². The molecule has 0 saturated heterocycles. The molecule has 2 heterocycles. The zero-order valence-corrected chi connectivity index (χ0v) is 13.9. The van der Waals surface area contributed by atoms with Gasteiger partial charge in [0.2, 0.25) is 10.0 Å². The Kier molecular flexibility index (Phi) is 5.34. The highest BCUT2D eigenvalue weighted by atomic mass is 32.2. The summed E-state index contributed by atoms with van der Waals surface area (Å²) >= 11 is 2.89. The van der Waals surface area contributed by atoms with Crippen molar-refractivity contribution in [3.8, 4) is 0 Å². The summed E-state index contributed by atoms with van der Waals surface area (Å²) in [6.45, 7) is 5.90. The molecule has 2 aromatic heterocycles. The first kappa shape index (κ1) is 15.7. The minimum Gasteiger partial charge on any atom is -0.312 e. The predicted molar refractivity (Wildman–Crippen MR) is 84.8 cm³/mol. The normalized spacial score (nSPS) is 11.9. The molecule has 0 aliphatic rings. The SMILES string of the molecule is CCNCc1sc(S(=O)(=O)NCc2ccsc2)cc1C. The predicted octanol–water partition coefficient (Wildman–Crippen LogP) is 2.71. The maximum Gasteiger partial charge on any atom is 0.250 e. The molecule has 0 atom stereocenters. The minimum absolute atomic E-state index is 0.339. The van der Waals surface area contributed by atoms with E-state index in [0.29, 0.717) is 17.3 Å². The summed E-state index contributed by atoms with van der Waals surface area (Å²) in [5.74, 6) is 0. The van der Waals surface area contributed by atoms with Crippen LogP contribution in [0, 0.1) is 6.92 Å². The molecule has 7 heteroatoms. The molecular weight excluding hydrogens is 312 g/mol. The highest BCUT2D eigenvalue weighted by Gasteiger charge is 2.18. The second kappa shape index (κ2) is 6.82. The van der Waals surface area contributed by atoms with Crippen LogP contribution in [0.2, 0.25) is 0 Å². The summed E-state index contributed by atoms with van der Waals surface area (Å²) in [7, 11) is -3.42. The third kappa shape index (κ3) is 3.89. The van der Waals surface area contributed by atoms with Gasteiger partial charge in [-0.15, -0.1) is 11.3 Å². The fourth-order valence-electron chi connectivity index (χ4n) is 1.68. The van der Waals surface area contributed by atoms with E-state index < -0.39 is 10.0 Å². The van der Waals surface area contributed by atoms with E-state index in [1.165, 1.54) is 11.3 Å². The third-order valence-corrected chi connectivity index (χ3v) is 6.69. The Hall–Kier alpha value is -0.730. The Labute approximate surface area is 127 Å². The van der Waals surface area contributed by atoms with E-state index in [1.807, 2.05) is 30.7 Å². The fourth-order valence-corrected chi connectivity index (χ4v) is 4.97. The number of aryl methyl sites for hydroxylation is 1. The van der Waals surface area contributed by atoms with Gasteiger partial charge in [-0.3, -0.25) is 0 Å². The molecule has 0 amide bonds. The molecule has 0 aliphatic carbocycles. The molecule has 0 bridgehead atoms. The number of hydrogen-bond donors (Lipinski definition) is 2. The van der Waals surface area contributed by atoms with Crippen LogP contribution < -0.4 is 10.0 Å². The van der Waals surface area contributed by atoms with Gasteiger partial charge in [-0.25, -0.2) is 13.1 Å². The Morgan fingerprint density at radius 2 is 2.10 bits per heavy atom. The molecule has 0 aromatic carbocycles. The van der Waals surface area contributed by atoms with E-state index in [9.17, 15) is 8.42 Å². The monoisotopic (exact) mass is 330 g/mol. The molecule has 4 nitrogen and oxygen atoms in total. The summed E-state index contributed by atoms with van der Waals surface area (Å²) in [5.41, 5.74) is 2.01. The average molecular weight is 331 g/mol. The summed E-state index contributed by atoms with van der Waals surface area (Å²) in [4.78, 5) is 1.07. The Balaban J connectivity index is 2.09. The van der Waals surface area contributed by atoms with Crippen molar-refractivity contribution in [2.24, 2.45) is 0 Å². The maximum absolute atomic E-state index is 12.2. The van der Waals surface area contributed by atoms with Crippen LogP contribution in [0.5, 0.6) is 0 Å². The summed E-state index contributed by atoms with van der Waals surface area (Å²) in [6, 6.07) is 3.66. The van der Waals surface area contributed by atoms with Crippen LogP contribution >= 0.6 is 22.7 Å². The average Bonchev–Trinajstić information content (AvgIpc) is 3.04. The first-order chi connectivity index (χ1) is 9.53. The van der Waals surface area contributed by atoms with E-state index in [4.69, 9.17) is 0 Å². The van der Waals surface area contributed by atoms with Gasteiger partial charge in [0, 0.05) is 18.0 Å². The molecule has 2 rings (SSSR count). The quantitative estimate of drug-likeness (QED) is 0.821. The van der Waals surface area contributed by atoms with Crippen LogP contribution in [0.25, 0.3) is 0 Å². The van der Waals surface area contributed by atoms with Gasteiger partial charge in [0.25, 0.3) is 0 Å². The van der Waals surface area contributed by atoms with E-state index in [0.717, 1.165) is 22.5 Å². The Morgan fingerprint density at radius 3 is 2.75 bits per heavy atom. The van der Waals surface area contributed by atoms with Gasteiger partial charge >= 0.3 is 0 Å². The third-order valence-electron chi connectivity index (χ3n) is 2.84. The topological polar surface area (TPSA) is 58.2 Å². The van der Waals surface area contributed by atoms with Crippen molar-refractivity contribution < 1.29 is 8.42 Å². The van der Waals surface area contributed by atoms with Gasteiger partial charge in [0.05, 0.1) is 0 Å². The lowest BCUT2D eigenvalue weighted by molar-refractivity contribution is 0.583. The molecule has 0 spiro atoms. The van der Waals surface area contributed by atoms with Crippen molar-refractivity contribution in [1.29, 1.82) is 0 Å². The van der Waals surface area contributed by atoms with E-state index >= 15 is 0 Å². The van der Waals surface area contributed by atoms with Gasteiger partial charge in [-0.1, -0.05) is 6.92 Å². The number of thiophene rings is 2. The first-order valence-corrected chi connectivity index (χ1v) is 9.58. The summed E-state index contributed by atoms with van der Waals surface area (Å²) < 4.78 is 27.5. The van der Waals surface area contributed by atoms with Gasteiger partial charge < -0.3 is 5.32 Å². The number of rotatable bonds is 7. The number of sulfonamides is 1. The highest BCUT2D eigenvalue weighted by Crippen LogP contribution is 2.26. The van der Waals surface area contributed by atoms with Crippen LogP contribution in [0.1, 0.15) is 22.9 Å². The lowest BCUT2D eigenvalue weighted by Gasteiger charge is -2.03. The van der Waals surface area contributed by atoms with E-state index in [2.05, 4.69) is 10.0 Å². The van der Waals surface area contributed by atoms with Gasteiger partial charge in [0.15, 0.2) is 0 Å². The van der Waals surface area contributed by atoms with Gasteiger partial charge in [0.1, 0.15) is 4.21 Å². The van der Waals surface area contributed by atoms with E-state index in [1.54, 1.807) is 17.4 Å². The van der Waals surface area contributed by atoms with Gasteiger partial charge in [-0.05, 0) is 47.5 Å². The molecule has 0 fully saturated rings. The van der Waals surface area contributed by atoms with Crippen molar-refractivity contribution in [2.45, 2.75) is 31.1 Å². The van der Waals surface area contributed by atoms with Crippen LogP contribution in [0.15, 0.2) is 27.1 Å². The lowest BCUT2D eigenvalue weighted by Crippen LogP contribution is -2.22. The van der Waals surface area contributed by atoms with Crippen molar-refractivity contribution in [2.75, 3.05) is 6.54 Å². The van der Waals surface area contributed by atoms with Crippen LogP contribution in [-0.4, -0.2) is 15.0 Å². The molecule has 0 radical (unpaired) electrons. The van der Waals surface area contributed by atoms with Gasteiger partial charge in [-0.2, -0.15) is 11.3 Å². The molecule has 2 N–H and O–H groups in total. The van der Waals surface area contributed by atoms with Crippen molar-refractivity contribution in [3.05, 3.63) is 38.9 Å². The zero-order valence-electron chi connectivity index (χ0n) is 11.5. The maximum atomic E-state index is 12.2. The largest absolute Gasteiger partial charge is 0.312 e. The zero-order chi connectivity index (χ0) is 14.6. The molecule has 110 valence electrons. The second-order valence-corrected chi connectivity index (χ2v) is 8.32. The Bertz CT molecular complexity index is 645. The highest BCUT2D eigenvalue weighted by molar-refractivity contribution is 7.91. The van der Waals surface area contributed by atoms with Crippen LogP contribution in [0.4, 0.5) is 0 Å². The molecular formula is C13H18N2O2S3.